The Morgan fingerprint density at radius 3 is 2.95 bits per heavy atom. The van der Waals surface area contributed by atoms with E-state index in [1.54, 1.807) is 11.1 Å². The molecule has 0 radical (unpaired) electrons. The molecule has 0 unspecified atom stereocenters. The van der Waals surface area contributed by atoms with Crippen molar-refractivity contribution in [1.29, 1.82) is 0 Å². The Morgan fingerprint density at radius 1 is 1.45 bits per heavy atom. The molecule has 0 saturated carbocycles. The molecule has 5 nitrogen and oxygen atoms in total. The highest BCUT2D eigenvalue weighted by atomic mass is 16.5. The second-order valence-electron chi connectivity index (χ2n) is 5.15. The van der Waals surface area contributed by atoms with E-state index >= 15 is 0 Å². The molecule has 0 atom stereocenters. The second-order valence-corrected chi connectivity index (χ2v) is 5.15. The van der Waals surface area contributed by atoms with Gasteiger partial charge in [-0.15, -0.1) is 0 Å². The van der Waals surface area contributed by atoms with Gasteiger partial charge in [0, 0.05) is 31.9 Å². The van der Waals surface area contributed by atoms with Crippen LogP contribution in [0.25, 0.3) is 0 Å². The van der Waals surface area contributed by atoms with Crippen LogP contribution in [0, 0.1) is 0 Å². The van der Waals surface area contributed by atoms with E-state index in [2.05, 4.69) is 10.3 Å². The highest BCUT2D eigenvalue weighted by Gasteiger charge is 2.16. The lowest BCUT2D eigenvalue weighted by atomic mass is 10.1. The van der Waals surface area contributed by atoms with Crippen molar-refractivity contribution in [3.8, 4) is 0 Å². The van der Waals surface area contributed by atoms with Crippen LogP contribution in [0.4, 0.5) is 0 Å². The number of pyridine rings is 1. The molecule has 1 fully saturated rings. The number of carbonyl (C=O) groups is 1. The lowest BCUT2D eigenvalue weighted by molar-refractivity contribution is -0.137. The minimum absolute atomic E-state index is 0.0412. The molecule has 2 rings (SSSR count). The van der Waals surface area contributed by atoms with Gasteiger partial charge < -0.3 is 15.0 Å². The molecule has 1 saturated heterocycles. The average molecular weight is 277 g/mol. The van der Waals surface area contributed by atoms with Crippen LogP contribution in [-0.4, -0.2) is 55.2 Å². The summed E-state index contributed by atoms with van der Waals surface area (Å²) in [6.07, 6.45) is 4.76. The van der Waals surface area contributed by atoms with Crippen LogP contribution < -0.4 is 5.32 Å². The first-order valence-corrected chi connectivity index (χ1v) is 7.22. The Kier molecular flexibility index (Phi) is 5.95. The summed E-state index contributed by atoms with van der Waals surface area (Å²) in [5, 5.41) is 3.28. The smallest absolute Gasteiger partial charge is 0.248 e. The summed E-state index contributed by atoms with van der Waals surface area (Å²) >= 11 is 0. The zero-order chi connectivity index (χ0) is 14.2. The number of hydrogen-bond acceptors (Lipinski definition) is 4. The Labute approximate surface area is 120 Å². The molecule has 0 aliphatic carbocycles. The number of carbonyl (C=O) groups excluding carboxylic acids is 1. The first-order valence-electron chi connectivity index (χ1n) is 7.22. The summed E-state index contributed by atoms with van der Waals surface area (Å²) in [4.78, 5) is 17.9. The number of aromatic nitrogens is 1. The lowest BCUT2D eigenvalue weighted by Crippen LogP contribution is -2.37. The molecule has 1 aromatic heterocycles. The number of nitrogens with zero attached hydrogens (tertiary/aromatic N) is 2. The zero-order valence-electron chi connectivity index (χ0n) is 12.0. The fourth-order valence-electron chi connectivity index (χ4n) is 2.21. The molecule has 0 aromatic carbocycles. The van der Waals surface area contributed by atoms with Gasteiger partial charge in [0.1, 0.15) is 6.61 Å². The van der Waals surface area contributed by atoms with Gasteiger partial charge in [0.25, 0.3) is 0 Å². The molecule has 5 heteroatoms. The highest BCUT2D eigenvalue weighted by Crippen LogP contribution is 2.07. The summed E-state index contributed by atoms with van der Waals surface area (Å²) in [5.74, 6) is 0.0412. The summed E-state index contributed by atoms with van der Waals surface area (Å²) in [7, 11) is 1.82. The maximum absolute atomic E-state index is 12.0. The third-order valence-corrected chi connectivity index (χ3v) is 3.58. The number of nitrogens with one attached hydrogen (secondary N) is 1. The van der Waals surface area contributed by atoms with E-state index in [-0.39, 0.29) is 18.6 Å². The van der Waals surface area contributed by atoms with Crippen molar-refractivity contribution in [3.63, 3.8) is 0 Å². The van der Waals surface area contributed by atoms with Gasteiger partial charge in [0.2, 0.25) is 5.91 Å². The fraction of sp³-hybridized carbons (Fsp3) is 0.600. The number of rotatable bonds is 6. The Bertz CT molecular complexity index is 405. The van der Waals surface area contributed by atoms with Crippen LogP contribution in [0.5, 0.6) is 0 Å². The van der Waals surface area contributed by atoms with Crippen molar-refractivity contribution in [2.45, 2.75) is 25.4 Å². The van der Waals surface area contributed by atoms with Crippen LogP contribution in [-0.2, 0) is 16.0 Å². The maximum Gasteiger partial charge on any atom is 0.248 e. The fourth-order valence-corrected chi connectivity index (χ4v) is 2.21. The predicted octanol–water partition coefficient (Wildman–Crippen LogP) is 0.851. The highest BCUT2D eigenvalue weighted by molar-refractivity contribution is 5.77. The largest absolute Gasteiger partial charge is 0.368 e. The number of likely N-dealkylation sites (N-methyl/N-ethyl adjacent to an activating group) is 1. The third-order valence-electron chi connectivity index (χ3n) is 3.58. The van der Waals surface area contributed by atoms with E-state index in [1.807, 2.05) is 25.2 Å². The van der Waals surface area contributed by atoms with Crippen molar-refractivity contribution in [3.05, 3.63) is 30.1 Å². The van der Waals surface area contributed by atoms with Crippen molar-refractivity contribution in [1.82, 2.24) is 15.2 Å². The maximum atomic E-state index is 12.0. The van der Waals surface area contributed by atoms with Crippen LogP contribution in [0.1, 0.15) is 18.5 Å². The monoisotopic (exact) mass is 277 g/mol. The Balaban J connectivity index is 1.66. The molecule has 1 amide bonds. The minimum atomic E-state index is 0.0412. The molecular formula is C15H23N3O2. The number of ether oxygens (including phenoxy) is 1. The average Bonchev–Trinajstić information content (AvgIpc) is 2.52. The molecule has 20 heavy (non-hydrogen) atoms. The van der Waals surface area contributed by atoms with Crippen molar-refractivity contribution >= 4 is 5.91 Å². The minimum Gasteiger partial charge on any atom is -0.368 e. The second kappa shape index (κ2) is 7.97. The molecule has 110 valence electrons. The van der Waals surface area contributed by atoms with Gasteiger partial charge in [0.05, 0.1) is 6.10 Å². The van der Waals surface area contributed by atoms with Crippen LogP contribution in [0.3, 0.4) is 0 Å². The van der Waals surface area contributed by atoms with Gasteiger partial charge in [0.15, 0.2) is 0 Å². The van der Waals surface area contributed by atoms with Gasteiger partial charge in [-0.05, 0) is 38.1 Å². The van der Waals surface area contributed by atoms with Gasteiger partial charge in [-0.1, -0.05) is 6.07 Å². The van der Waals surface area contributed by atoms with Gasteiger partial charge in [-0.3, -0.25) is 9.78 Å². The normalized spacial score (nSPS) is 16.1. The summed E-state index contributed by atoms with van der Waals surface area (Å²) in [5.41, 5.74) is 1.01. The predicted molar refractivity (Wildman–Crippen MR) is 77.4 cm³/mol. The van der Waals surface area contributed by atoms with Crippen molar-refractivity contribution in [2.75, 3.05) is 33.3 Å². The van der Waals surface area contributed by atoms with E-state index in [0.717, 1.165) is 38.0 Å². The number of hydrogen-bond donors (Lipinski definition) is 1. The summed E-state index contributed by atoms with van der Waals surface area (Å²) in [6.45, 7) is 2.82. The first-order chi connectivity index (χ1) is 9.75. The van der Waals surface area contributed by atoms with Crippen molar-refractivity contribution < 1.29 is 9.53 Å². The quantitative estimate of drug-likeness (QED) is 0.837. The van der Waals surface area contributed by atoms with Crippen molar-refractivity contribution in [2.24, 2.45) is 0 Å². The van der Waals surface area contributed by atoms with E-state index in [4.69, 9.17) is 4.74 Å². The SMILES string of the molecule is CN(CCc1ccccn1)C(=O)COC1CCNCC1. The van der Waals surface area contributed by atoms with E-state index in [1.165, 1.54) is 0 Å². The summed E-state index contributed by atoms with van der Waals surface area (Å²) < 4.78 is 5.67. The molecule has 2 heterocycles. The summed E-state index contributed by atoms with van der Waals surface area (Å²) in [6, 6.07) is 5.83. The molecule has 1 aliphatic rings. The number of amides is 1. The van der Waals surface area contributed by atoms with Gasteiger partial charge >= 0.3 is 0 Å². The van der Waals surface area contributed by atoms with E-state index in [9.17, 15) is 4.79 Å². The van der Waals surface area contributed by atoms with Crippen LogP contribution in [0.2, 0.25) is 0 Å². The first kappa shape index (κ1) is 14.9. The molecule has 1 N–H and O–H groups in total. The molecule has 0 spiro atoms. The Hall–Kier alpha value is -1.46. The zero-order valence-corrected chi connectivity index (χ0v) is 12.0. The van der Waals surface area contributed by atoms with Crippen LogP contribution >= 0.6 is 0 Å². The molecule has 1 aromatic rings. The molecular weight excluding hydrogens is 254 g/mol. The van der Waals surface area contributed by atoms with E-state index in [0.29, 0.717) is 6.54 Å². The lowest BCUT2D eigenvalue weighted by Gasteiger charge is -2.24. The van der Waals surface area contributed by atoms with Crippen LogP contribution in [0.15, 0.2) is 24.4 Å². The molecule has 1 aliphatic heterocycles. The number of piperidine rings is 1. The molecule has 0 bridgehead atoms. The standard InChI is InChI=1S/C15H23N3O2/c1-18(11-7-13-4-2-3-8-17-13)15(19)12-20-14-5-9-16-10-6-14/h2-4,8,14,16H,5-7,9-12H2,1H3. The van der Waals surface area contributed by atoms with E-state index < -0.39 is 0 Å². The van der Waals surface area contributed by atoms with Gasteiger partial charge in [-0.25, -0.2) is 0 Å². The van der Waals surface area contributed by atoms with Gasteiger partial charge in [-0.2, -0.15) is 0 Å². The topological polar surface area (TPSA) is 54.5 Å². The Morgan fingerprint density at radius 2 is 2.25 bits per heavy atom. The third kappa shape index (κ3) is 4.90.